The zero-order chi connectivity index (χ0) is 7.72. The van der Waals surface area contributed by atoms with Crippen molar-refractivity contribution in [2.24, 2.45) is 0 Å². The molecule has 0 unspecified atom stereocenters. The maximum absolute atomic E-state index is 12.5. The van der Waals surface area contributed by atoms with E-state index in [1.54, 1.807) is 0 Å². The van der Waals surface area contributed by atoms with Crippen molar-refractivity contribution >= 4 is 5.69 Å². The minimum atomic E-state index is -0.600. The van der Waals surface area contributed by atoms with E-state index in [9.17, 15) is 8.78 Å². The quantitative estimate of drug-likeness (QED) is 0.551. The summed E-state index contributed by atoms with van der Waals surface area (Å²) in [5.41, 5.74) is 5.27. The largest absolute Gasteiger partial charge is 0.399 e. The molecule has 54 valence electrons. The first-order chi connectivity index (χ1) is 4.61. The molecule has 0 aliphatic heterocycles. The van der Waals surface area contributed by atoms with Crippen LogP contribution in [-0.4, -0.2) is 0 Å². The lowest BCUT2D eigenvalue weighted by Gasteiger charge is -1.98. The van der Waals surface area contributed by atoms with Crippen LogP contribution in [0.3, 0.4) is 0 Å². The van der Waals surface area contributed by atoms with Crippen LogP contribution in [0.25, 0.3) is 0 Å². The van der Waals surface area contributed by atoms with Crippen molar-refractivity contribution in [1.29, 1.82) is 0 Å². The average Bonchev–Trinajstić information content (AvgIpc) is 1.82. The molecule has 0 amide bonds. The Morgan fingerprint density at radius 1 is 1.20 bits per heavy atom. The first kappa shape index (κ1) is 6.99. The van der Waals surface area contributed by atoms with Crippen molar-refractivity contribution in [2.75, 3.05) is 5.73 Å². The molecular weight excluding hydrogens is 136 g/mol. The number of anilines is 1. The van der Waals surface area contributed by atoms with E-state index in [2.05, 4.69) is 0 Å². The predicted molar refractivity (Wildman–Crippen MR) is 35.5 cm³/mol. The first-order valence-electron chi connectivity index (χ1n) is 2.82. The third-order valence-electron chi connectivity index (χ3n) is 1.30. The van der Waals surface area contributed by atoms with Crippen LogP contribution in [-0.2, 0) is 0 Å². The van der Waals surface area contributed by atoms with E-state index < -0.39 is 11.6 Å². The van der Waals surface area contributed by atoms with Crippen molar-refractivity contribution in [3.63, 3.8) is 0 Å². The zero-order valence-corrected chi connectivity index (χ0v) is 5.49. The predicted octanol–water partition coefficient (Wildman–Crippen LogP) is 1.86. The van der Waals surface area contributed by atoms with Gasteiger partial charge in [0.2, 0.25) is 0 Å². The molecule has 0 fully saturated rings. The Bertz CT molecular complexity index is 235. The fourth-order valence-corrected chi connectivity index (χ4v) is 0.665. The summed E-state index contributed by atoms with van der Waals surface area (Å²) in [6, 6.07) is 2.19. The molecule has 0 atom stereocenters. The smallest absolute Gasteiger partial charge is 0.131 e. The maximum atomic E-state index is 12.5. The van der Waals surface area contributed by atoms with Gasteiger partial charge in [-0.05, 0) is 19.1 Å². The van der Waals surface area contributed by atoms with Crippen LogP contribution >= 0.6 is 0 Å². The molecule has 10 heavy (non-hydrogen) atoms. The minimum absolute atomic E-state index is 0.00852. The summed E-state index contributed by atoms with van der Waals surface area (Å²) in [5.74, 6) is -1.20. The normalized spacial score (nSPS) is 9.90. The van der Waals surface area contributed by atoms with Gasteiger partial charge in [0.1, 0.15) is 11.6 Å². The van der Waals surface area contributed by atoms with Gasteiger partial charge in [0.05, 0.1) is 0 Å². The van der Waals surface area contributed by atoms with Crippen LogP contribution in [0.1, 0.15) is 5.56 Å². The number of hydrogen-bond donors (Lipinski definition) is 1. The summed E-state index contributed by atoms with van der Waals surface area (Å²) in [5, 5.41) is 0. The van der Waals surface area contributed by atoms with E-state index >= 15 is 0 Å². The average molecular weight is 143 g/mol. The van der Waals surface area contributed by atoms with E-state index in [4.69, 9.17) is 5.73 Å². The molecule has 0 bridgehead atoms. The molecule has 1 aromatic rings. The standard InChI is InChI=1S/C7H7F2N/c1-4-6(8)2-5(10)3-7(4)9/h2-3H,10H2,1H3. The van der Waals surface area contributed by atoms with E-state index in [-0.39, 0.29) is 11.3 Å². The molecule has 2 N–H and O–H groups in total. The molecule has 0 aliphatic rings. The van der Waals surface area contributed by atoms with Gasteiger partial charge in [0.25, 0.3) is 0 Å². The number of halogens is 2. The third-order valence-corrected chi connectivity index (χ3v) is 1.30. The van der Waals surface area contributed by atoms with Crippen LogP contribution in [0, 0.1) is 18.6 Å². The second-order valence-electron chi connectivity index (χ2n) is 2.11. The monoisotopic (exact) mass is 143 g/mol. The van der Waals surface area contributed by atoms with Crippen molar-refractivity contribution in [3.05, 3.63) is 29.3 Å². The van der Waals surface area contributed by atoms with E-state index in [0.29, 0.717) is 0 Å². The molecule has 0 spiro atoms. The van der Waals surface area contributed by atoms with Gasteiger partial charge in [0, 0.05) is 11.3 Å². The Labute approximate surface area is 57.5 Å². The van der Waals surface area contributed by atoms with Gasteiger partial charge < -0.3 is 5.73 Å². The minimum Gasteiger partial charge on any atom is -0.399 e. The van der Waals surface area contributed by atoms with Crippen LogP contribution in [0.2, 0.25) is 0 Å². The van der Waals surface area contributed by atoms with Gasteiger partial charge in [-0.2, -0.15) is 0 Å². The highest BCUT2D eigenvalue weighted by Crippen LogP contribution is 2.14. The molecule has 0 radical (unpaired) electrons. The lowest BCUT2D eigenvalue weighted by molar-refractivity contribution is 0.569. The van der Waals surface area contributed by atoms with Gasteiger partial charge in [-0.25, -0.2) is 8.78 Å². The third kappa shape index (κ3) is 1.07. The molecule has 3 heteroatoms. The molecular formula is C7H7F2N. The highest BCUT2D eigenvalue weighted by Gasteiger charge is 2.03. The summed E-state index contributed by atoms with van der Waals surface area (Å²) in [6.07, 6.45) is 0. The summed E-state index contributed by atoms with van der Waals surface area (Å²) >= 11 is 0. The number of nitrogens with two attached hydrogens (primary N) is 1. The van der Waals surface area contributed by atoms with E-state index in [1.165, 1.54) is 6.92 Å². The lowest BCUT2D eigenvalue weighted by Crippen LogP contribution is -1.92. The fraction of sp³-hybridized carbons (Fsp3) is 0.143. The Morgan fingerprint density at radius 2 is 1.60 bits per heavy atom. The Hall–Kier alpha value is -1.12. The molecule has 1 aromatic carbocycles. The van der Waals surface area contributed by atoms with Crippen LogP contribution in [0.4, 0.5) is 14.5 Å². The number of rotatable bonds is 0. The van der Waals surface area contributed by atoms with Gasteiger partial charge >= 0.3 is 0 Å². The van der Waals surface area contributed by atoms with Crippen molar-refractivity contribution in [2.45, 2.75) is 6.92 Å². The van der Waals surface area contributed by atoms with Gasteiger partial charge in [-0.15, -0.1) is 0 Å². The van der Waals surface area contributed by atoms with Crippen LogP contribution < -0.4 is 5.73 Å². The number of nitrogen functional groups attached to an aromatic ring is 1. The van der Waals surface area contributed by atoms with Crippen molar-refractivity contribution < 1.29 is 8.78 Å². The maximum Gasteiger partial charge on any atom is 0.131 e. The first-order valence-corrected chi connectivity index (χ1v) is 2.82. The lowest BCUT2D eigenvalue weighted by atomic mass is 10.2. The summed E-state index contributed by atoms with van der Waals surface area (Å²) < 4.78 is 25.0. The van der Waals surface area contributed by atoms with Crippen LogP contribution in [0.5, 0.6) is 0 Å². The molecule has 0 saturated heterocycles. The Balaban J connectivity index is 3.31. The Kier molecular flexibility index (Phi) is 1.57. The molecule has 1 rings (SSSR count). The molecule has 0 heterocycles. The second-order valence-corrected chi connectivity index (χ2v) is 2.11. The van der Waals surface area contributed by atoms with Crippen molar-refractivity contribution in [1.82, 2.24) is 0 Å². The van der Waals surface area contributed by atoms with E-state index in [1.807, 2.05) is 0 Å². The van der Waals surface area contributed by atoms with E-state index in [0.717, 1.165) is 12.1 Å². The second kappa shape index (κ2) is 2.25. The molecule has 0 saturated carbocycles. The zero-order valence-electron chi connectivity index (χ0n) is 5.49. The fourth-order valence-electron chi connectivity index (χ4n) is 0.665. The summed E-state index contributed by atoms with van der Waals surface area (Å²) in [7, 11) is 0. The molecule has 0 aromatic heterocycles. The summed E-state index contributed by atoms with van der Waals surface area (Å²) in [6.45, 7) is 1.37. The van der Waals surface area contributed by atoms with Gasteiger partial charge in [-0.3, -0.25) is 0 Å². The van der Waals surface area contributed by atoms with Gasteiger partial charge in [-0.1, -0.05) is 0 Å². The number of hydrogen-bond acceptors (Lipinski definition) is 1. The topological polar surface area (TPSA) is 26.0 Å². The highest BCUT2D eigenvalue weighted by molar-refractivity contribution is 5.40. The number of benzene rings is 1. The summed E-state index contributed by atoms with van der Waals surface area (Å²) in [4.78, 5) is 0. The highest BCUT2D eigenvalue weighted by atomic mass is 19.1. The SMILES string of the molecule is Cc1c(F)cc(N)cc1F. The van der Waals surface area contributed by atoms with Gasteiger partial charge in [0.15, 0.2) is 0 Å². The molecule has 0 aliphatic carbocycles. The van der Waals surface area contributed by atoms with Crippen molar-refractivity contribution in [3.8, 4) is 0 Å². The van der Waals surface area contributed by atoms with Crippen LogP contribution in [0.15, 0.2) is 12.1 Å². The molecule has 1 nitrogen and oxygen atoms in total. The Morgan fingerprint density at radius 3 is 2.00 bits per heavy atom.